The van der Waals surface area contributed by atoms with Gasteiger partial charge in [0.2, 0.25) is 0 Å². The summed E-state index contributed by atoms with van der Waals surface area (Å²) in [6.45, 7) is 0.0885. The smallest absolute Gasteiger partial charge is 0.336 e. The van der Waals surface area contributed by atoms with E-state index in [1.807, 2.05) is 22.6 Å². The van der Waals surface area contributed by atoms with Gasteiger partial charge >= 0.3 is 6.03 Å². The number of rotatable bonds is 6. The van der Waals surface area contributed by atoms with Crippen molar-refractivity contribution in [3.8, 4) is 11.5 Å². The number of anilines is 1. The van der Waals surface area contributed by atoms with Crippen molar-refractivity contribution in [1.82, 2.24) is 5.32 Å². The molecule has 0 unspecified atom stereocenters. The summed E-state index contributed by atoms with van der Waals surface area (Å²) in [7, 11) is 1.43. The van der Waals surface area contributed by atoms with Crippen LogP contribution in [0.4, 0.5) is 19.3 Å². The fourth-order valence-corrected chi connectivity index (χ4v) is 4.20. The average Bonchev–Trinajstić information content (AvgIpc) is 2.82. The summed E-state index contributed by atoms with van der Waals surface area (Å²) < 4.78 is 39.5. The van der Waals surface area contributed by atoms with Crippen molar-refractivity contribution in [1.29, 1.82) is 0 Å². The first-order valence-electron chi connectivity index (χ1n) is 10.2. The van der Waals surface area contributed by atoms with E-state index in [0.717, 1.165) is 6.07 Å². The lowest BCUT2D eigenvalue weighted by molar-refractivity contribution is -0.122. The first-order chi connectivity index (χ1) is 16.8. The summed E-state index contributed by atoms with van der Waals surface area (Å²) in [5.41, 5.74) is 0.392. The van der Waals surface area contributed by atoms with Crippen LogP contribution < -0.4 is 19.7 Å². The Hall–Kier alpha value is -3.80. The van der Waals surface area contributed by atoms with Crippen molar-refractivity contribution in [3.63, 3.8) is 0 Å². The van der Waals surface area contributed by atoms with Crippen LogP contribution in [0.15, 0.2) is 66.2 Å². The normalized spacial score (nSPS) is 14.8. The van der Waals surface area contributed by atoms with Crippen molar-refractivity contribution in [2.45, 2.75) is 6.61 Å². The fourth-order valence-electron chi connectivity index (χ4n) is 3.42. The molecular weight excluding hydrogens is 573 g/mol. The number of nitrogens with one attached hydrogen (secondary N) is 1. The topological polar surface area (TPSA) is 84.9 Å². The zero-order valence-corrected chi connectivity index (χ0v) is 20.3. The number of methoxy groups -OCH3 is 1. The molecule has 0 aliphatic carbocycles. The van der Waals surface area contributed by atoms with E-state index in [-0.39, 0.29) is 23.7 Å². The molecule has 1 aliphatic heterocycles. The highest BCUT2D eigenvalue weighted by atomic mass is 127. The minimum absolute atomic E-state index is 0.0885. The SMILES string of the molecule is COc1cc(/C=C2/C(=O)NC(=O)N(c3ccccc3F)C2=O)cc(I)c1OCc1cccc(F)c1. The highest BCUT2D eigenvalue weighted by Crippen LogP contribution is 2.35. The van der Waals surface area contributed by atoms with Gasteiger partial charge in [0.1, 0.15) is 23.8 Å². The Balaban J connectivity index is 1.65. The number of hydrogen-bond donors (Lipinski definition) is 1. The highest BCUT2D eigenvalue weighted by molar-refractivity contribution is 14.1. The van der Waals surface area contributed by atoms with Gasteiger partial charge in [-0.15, -0.1) is 0 Å². The number of barbiturate groups is 1. The van der Waals surface area contributed by atoms with Gasteiger partial charge in [-0.05, 0) is 76.2 Å². The molecule has 35 heavy (non-hydrogen) atoms. The highest BCUT2D eigenvalue weighted by Gasteiger charge is 2.38. The molecule has 10 heteroatoms. The molecule has 1 fully saturated rings. The van der Waals surface area contributed by atoms with Crippen LogP contribution in [-0.4, -0.2) is 25.0 Å². The summed E-state index contributed by atoms with van der Waals surface area (Å²) in [5.74, 6) is -2.35. The van der Waals surface area contributed by atoms with Crippen LogP contribution in [0.25, 0.3) is 6.08 Å². The van der Waals surface area contributed by atoms with Gasteiger partial charge in [-0.3, -0.25) is 14.9 Å². The maximum Gasteiger partial charge on any atom is 0.336 e. The molecule has 0 atom stereocenters. The Morgan fingerprint density at radius 3 is 2.51 bits per heavy atom. The Morgan fingerprint density at radius 2 is 1.80 bits per heavy atom. The van der Waals surface area contributed by atoms with E-state index >= 15 is 0 Å². The molecule has 1 heterocycles. The van der Waals surface area contributed by atoms with Crippen LogP contribution in [0, 0.1) is 15.2 Å². The van der Waals surface area contributed by atoms with Gasteiger partial charge in [0.05, 0.1) is 16.4 Å². The molecular formula is C25H17F2IN2O5. The minimum Gasteiger partial charge on any atom is -0.493 e. The molecule has 4 amide bonds. The summed E-state index contributed by atoms with van der Waals surface area (Å²) in [6, 6.07) is 13.4. The lowest BCUT2D eigenvalue weighted by atomic mass is 10.1. The standard InChI is InChI=1S/C25H17F2IN2O5/c1-34-21-12-15(11-19(28)22(21)35-13-14-5-4-6-16(26)9-14)10-17-23(31)29-25(33)30(24(17)32)20-8-3-2-7-18(20)27/h2-12H,13H2,1H3,(H,29,31,33)/b17-10-. The molecule has 0 bridgehead atoms. The third-order valence-electron chi connectivity index (χ3n) is 5.03. The van der Waals surface area contributed by atoms with Crippen molar-refractivity contribution < 1.29 is 32.6 Å². The number of hydrogen-bond acceptors (Lipinski definition) is 5. The summed E-state index contributed by atoms with van der Waals surface area (Å²) in [4.78, 5) is 38.3. The maximum atomic E-state index is 14.3. The Morgan fingerprint density at radius 1 is 1.03 bits per heavy atom. The van der Waals surface area contributed by atoms with Crippen molar-refractivity contribution in [3.05, 3.63) is 92.6 Å². The third-order valence-corrected chi connectivity index (χ3v) is 5.83. The van der Waals surface area contributed by atoms with Gasteiger partial charge in [0.15, 0.2) is 11.5 Å². The molecule has 7 nitrogen and oxygen atoms in total. The minimum atomic E-state index is -1.05. The first-order valence-corrected chi connectivity index (χ1v) is 11.3. The predicted molar refractivity (Wildman–Crippen MR) is 132 cm³/mol. The molecule has 3 aromatic carbocycles. The zero-order chi connectivity index (χ0) is 25.1. The number of carbonyl (C=O) groups is 3. The van der Waals surface area contributed by atoms with Gasteiger partial charge in [-0.1, -0.05) is 24.3 Å². The molecule has 1 saturated heterocycles. The van der Waals surface area contributed by atoms with Crippen molar-refractivity contribution in [2.24, 2.45) is 0 Å². The van der Waals surface area contributed by atoms with E-state index < -0.39 is 23.7 Å². The second-order valence-electron chi connectivity index (χ2n) is 7.36. The molecule has 4 rings (SSSR count). The van der Waals surface area contributed by atoms with Gasteiger partial charge in [0, 0.05) is 0 Å². The molecule has 1 N–H and O–H groups in total. The number of halogens is 3. The Bertz CT molecular complexity index is 1380. The van der Waals surface area contributed by atoms with Crippen molar-refractivity contribution >= 4 is 52.2 Å². The van der Waals surface area contributed by atoms with Gasteiger partial charge in [-0.2, -0.15) is 0 Å². The lowest BCUT2D eigenvalue weighted by Crippen LogP contribution is -2.54. The monoisotopic (exact) mass is 590 g/mol. The number of para-hydroxylation sites is 1. The number of benzene rings is 3. The second kappa shape index (κ2) is 10.2. The largest absolute Gasteiger partial charge is 0.493 e. The lowest BCUT2D eigenvalue weighted by Gasteiger charge is -2.26. The predicted octanol–water partition coefficient (Wildman–Crippen LogP) is 4.82. The second-order valence-corrected chi connectivity index (χ2v) is 8.52. The van der Waals surface area contributed by atoms with E-state index in [0.29, 0.717) is 31.1 Å². The Labute approximate surface area is 212 Å². The van der Waals surface area contributed by atoms with Crippen LogP contribution in [-0.2, 0) is 16.2 Å². The number of amides is 4. The summed E-state index contributed by atoms with van der Waals surface area (Å²) >= 11 is 2.00. The number of urea groups is 1. The van der Waals surface area contributed by atoms with Crippen LogP contribution in [0.5, 0.6) is 11.5 Å². The third kappa shape index (κ3) is 5.16. The molecule has 0 saturated carbocycles. The fraction of sp³-hybridized carbons (Fsp3) is 0.0800. The van der Waals surface area contributed by atoms with Gasteiger partial charge in [-0.25, -0.2) is 18.5 Å². The molecule has 1 aliphatic rings. The van der Waals surface area contributed by atoms with E-state index in [1.165, 1.54) is 43.5 Å². The number of carbonyl (C=O) groups excluding carboxylic acids is 3. The first kappa shape index (κ1) is 24.3. The van der Waals surface area contributed by atoms with E-state index in [2.05, 4.69) is 5.32 Å². The van der Waals surface area contributed by atoms with Crippen molar-refractivity contribution in [2.75, 3.05) is 12.0 Å². The number of imide groups is 2. The van der Waals surface area contributed by atoms with Crippen LogP contribution in [0.3, 0.4) is 0 Å². The van der Waals surface area contributed by atoms with E-state index in [9.17, 15) is 23.2 Å². The molecule has 0 spiro atoms. The molecule has 0 aromatic heterocycles. The van der Waals surface area contributed by atoms with Crippen LogP contribution >= 0.6 is 22.6 Å². The Kier molecular flexibility index (Phi) is 7.10. The number of nitrogens with zero attached hydrogens (tertiary/aromatic N) is 1. The number of ether oxygens (including phenoxy) is 2. The molecule has 3 aromatic rings. The van der Waals surface area contributed by atoms with Crippen LogP contribution in [0.1, 0.15) is 11.1 Å². The zero-order valence-electron chi connectivity index (χ0n) is 18.2. The van der Waals surface area contributed by atoms with Gasteiger partial charge in [0.25, 0.3) is 11.8 Å². The van der Waals surface area contributed by atoms with E-state index in [4.69, 9.17) is 9.47 Å². The summed E-state index contributed by atoms with van der Waals surface area (Å²) in [5, 5.41) is 2.06. The molecule has 178 valence electrons. The molecule has 0 radical (unpaired) electrons. The average molecular weight is 590 g/mol. The summed E-state index contributed by atoms with van der Waals surface area (Å²) in [6.07, 6.45) is 1.28. The van der Waals surface area contributed by atoms with E-state index in [1.54, 1.807) is 24.3 Å². The maximum absolute atomic E-state index is 14.3. The van der Waals surface area contributed by atoms with Gasteiger partial charge < -0.3 is 9.47 Å². The van der Waals surface area contributed by atoms with Crippen LogP contribution in [0.2, 0.25) is 0 Å². The quantitative estimate of drug-likeness (QED) is 0.253.